The van der Waals surface area contributed by atoms with Crippen LogP contribution in [0.2, 0.25) is 0 Å². The van der Waals surface area contributed by atoms with Gasteiger partial charge in [0, 0.05) is 41.7 Å². The number of carbonyl (C=O) groups is 1. The molecule has 5 nitrogen and oxygen atoms in total. The van der Waals surface area contributed by atoms with E-state index in [9.17, 15) is 4.79 Å². The molecule has 0 bridgehead atoms. The van der Waals surface area contributed by atoms with E-state index in [1.807, 2.05) is 4.90 Å². The van der Waals surface area contributed by atoms with Crippen molar-refractivity contribution in [2.75, 3.05) is 13.6 Å². The van der Waals surface area contributed by atoms with Crippen molar-refractivity contribution >= 4 is 17.2 Å². The molecule has 4 rings (SSSR count). The van der Waals surface area contributed by atoms with Crippen molar-refractivity contribution in [3.63, 3.8) is 0 Å². The van der Waals surface area contributed by atoms with E-state index in [-0.39, 0.29) is 5.91 Å². The minimum atomic E-state index is 0.0908. The molecule has 0 atom stereocenters. The number of nitrogens with one attached hydrogen (secondary N) is 1. The summed E-state index contributed by atoms with van der Waals surface area (Å²) < 4.78 is 0. The standard InChI is InChI=1S/C17H22N4OS/c1-11-6-8-23-15(11)10-21(12-3-4-12)17(22)16-13-9-20(2)7-5-14(13)18-19-16/h6,8,12H,3-5,7,9-10H2,1-2H3,(H,18,19). The largest absolute Gasteiger partial charge is 0.329 e. The maximum absolute atomic E-state index is 13.1. The summed E-state index contributed by atoms with van der Waals surface area (Å²) in [6.45, 7) is 4.66. The minimum absolute atomic E-state index is 0.0908. The lowest BCUT2D eigenvalue weighted by atomic mass is 10.1. The lowest BCUT2D eigenvalue weighted by molar-refractivity contribution is 0.0723. The van der Waals surface area contributed by atoms with Crippen molar-refractivity contribution in [1.82, 2.24) is 20.0 Å². The fourth-order valence-electron chi connectivity index (χ4n) is 3.22. The summed E-state index contributed by atoms with van der Waals surface area (Å²) in [7, 11) is 2.10. The third kappa shape index (κ3) is 2.81. The Kier molecular flexibility index (Phi) is 3.73. The Morgan fingerprint density at radius 2 is 2.35 bits per heavy atom. The van der Waals surface area contributed by atoms with E-state index in [1.165, 1.54) is 10.4 Å². The highest BCUT2D eigenvalue weighted by Crippen LogP contribution is 2.32. The van der Waals surface area contributed by atoms with Crippen LogP contribution in [0.3, 0.4) is 0 Å². The van der Waals surface area contributed by atoms with E-state index in [0.29, 0.717) is 18.3 Å². The van der Waals surface area contributed by atoms with Gasteiger partial charge in [0.25, 0.3) is 5.91 Å². The van der Waals surface area contributed by atoms with Crippen LogP contribution >= 0.6 is 11.3 Å². The van der Waals surface area contributed by atoms with Gasteiger partial charge in [-0.2, -0.15) is 5.10 Å². The maximum Gasteiger partial charge on any atom is 0.275 e. The quantitative estimate of drug-likeness (QED) is 0.937. The number of amides is 1. The molecule has 1 N–H and O–H groups in total. The van der Waals surface area contributed by atoms with E-state index in [1.54, 1.807) is 11.3 Å². The van der Waals surface area contributed by atoms with E-state index in [2.05, 4.69) is 40.5 Å². The number of aromatic nitrogens is 2. The van der Waals surface area contributed by atoms with E-state index in [4.69, 9.17) is 0 Å². The topological polar surface area (TPSA) is 52.2 Å². The number of fused-ring (bicyclic) bond motifs is 1. The summed E-state index contributed by atoms with van der Waals surface area (Å²) in [5.41, 5.74) is 4.14. The van der Waals surface area contributed by atoms with Gasteiger partial charge in [-0.3, -0.25) is 9.89 Å². The zero-order valence-electron chi connectivity index (χ0n) is 13.6. The van der Waals surface area contributed by atoms with Gasteiger partial charge in [0.1, 0.15) is 0 Å². The van der Waals surface area contributed by atoms with Crippen molar-refractivity contribution in [2.24, 2.45) is 0 Å². The monoisotopic (exact) mass is 330 g/mol. The third-order valence-corrected chi connectivity index (χ3v) is 5.87. The molecule has 1 fully saturated rings. The fourth-order valence-corrected chi connectivity index (χ4v) is 4.12. The van der Waals surface area contributed by atoms with Gasteiger partial charge in [-0.05, 0) is 43.8 Å². The number of likely N-dealkylation sites (N-methyl/N-ethyl adjacent to an activating group) is 1. The Morgan fingerprint density at radius 1 is 1.52 bits per heavy atom. The summed E-state index contributed by atoms with van der Waals surface area (Å²) >= 11 is 1.74. The molecule has 2 aliphatic rings. The molecule has 0 saturated heterocycles. The predicted octanol–water partition coefficient (Wildman–Crippen LogP) is 2.57. The molecule has 1 aliphatic carbocycles. The van der Waals surface area contributed by atoms with Crippen molar-refractivity contribution in [3.8, 4) is 0 Å². The van der Waals surface area contributed by atoms with Crippen LogP contribution in [0.5, 0.6) is 0 Å². The molecule has 0 radical (unpaired) electrons. The Morgan fingerprint density at radius 3 is 3.04 bits per heavy atom. The Hall–Kier alpha value is -1.66. The molecular weight excluding hydrogens is 308 g/mol. The second-order valence-electron chi connectivity index (χ2n) is 6.71. The summed E-state index contributed by atoms with van der Waals surface area (Å²) in [6.07, 6.45) is 3.17. The zero-order chi connectivity index (χ0) is 16.0. The van der Waals surface area contributed by atoms with Gasteiger partial charge in [0.15, 0.2) is 5.69 Å². The normalized spacial score (nSPS) is 18.0. The number of hydrogen-bond donors (Lipinski definition) is 1. The van der Waals surface area contributed by atoms with Crippen LogP contribution < -0.4 is 0 Å². The lowest BCUT2D eigenvalue weighted by Crippen LogP contribution is -2.34. The molecule has 0 unspecified atom stereocenters. The molecule has 1 amide bonds. The van der Waals surface area contributed by atoms with Crippen molar-refractivity contribution in [2.45, 2.75) is 45.3 Å². The van der Waals surface area contributed by atoms with Crippen molar-refractivity contribution in [1.29, 1.82) is 0 Å². The smallest absolute Gasteiger partial charge is 0.275 e. The zero-order valence-corrected chi connectivity index (χ0v) is 14.4. The molecular formula is C17H22N4OS. The van der Waals surface area contributed by atoms with Gasteiger partial charge in [-0.25, -0.2) is 0 Å². The third-order valence-electron chi connectivity index (χ3n) is 4.86. The first-order valence-corrected chi connectivity index (χ1v) is 9.10. The van der Waals surface area contributed by atoms with Crippen LogP contribution in [-0.2, 0) is 19.5 Å². The van der Waals surface area contributed by atoms with Gasteiger partial charge in [0.05, 0.1) is 6.54 Å². The van der Waals surface area contributed by atoms with Crippen LogP contribution in [0.4, 0.5) is 0 Å². The summed E-state index contributed by atoms with van der Waals surface area (Å²) in [6, 6.07) is 2.51. The number of aryl methyl sites for hydroxylation is 1. The molecule has 1 aliphatic heterocycles. The minimum Gasteiger partial charge on any atom is -0.329 e. The highest BCUT2D eigenvalue weighted by atomic mass is 32.1. The number of hydrogen-bond acceptors (Lipinski definition) is 4. The first-order valence-electron chi connectivity index (χ1n) is 8.22. The van der Waals surface area contributed by atoms with Crippen molar-refractivity contribution in [3.05, 3.63) is 38.8 Å². The molecule has 6 heteroatoms. The van der Waals surface area contributed by atoms with Gasteiger partial charge < -0.3 is 9.80 Å². The lowest BCUT2D eigenvalue weighted by Gasteiger charge is -2.25. The molecule has 0 spiro atoms. The second-order valence-corrected chi connectivity index (χ2v) is 7.71. The number of thiophene rings is 1. The van der Waals surface area contributed by atoms with Gasteiger partial charge in [-0.15, -0.1) is 11.3 Å². The van der Waals surface area contributed by atoms with Crippen LogP contribution in [0.1, 0.15) is 45.0 Å². The molecule has 2 aromatic rings. The summed E-state index contributed by atoms with van der Waals surface area (Å²) in [5, 5.41) is 9.57. The van der Waals surface area contributed by atoms with Gasteiger partial charge >= 0.3 is 0 Å². The highest BCUT2D eigenvalue weighted by Gasteiger charge is 2.36. The summed E-state index contributed by atoms with van der Waals surface area (Å²) in [4.78, 5) is 18.7. The van der Waals surface area contributed by atoms with Crippen LogP contribution in [0.25, 0.3) is 0 Å². The Balaban J connectivity index is 1.61. The first kappa shape index (κ1) is 14.9. The number of H-pyrrole nitrogens is 1. The van der Waals surface area contributed by atoms with Crippen molar-refractivity contribution < 1.29 is 4.79 Å². The number of nitrogens with zero attached hydrogens (tertiary/aromatic N) is 3. The average Bonchev–Trinajstić information content (AvgIpc) is 3.17. The second kappa shape index (κ2) is 5.76. The predicted molar refractivity (Wildman–Crippen MR) is 90.6 cm³/mol. The number of rotatable bonds is 4. The average molecular weight is 330 g/mol. The number of aromatic amines is 1. The van der Waals surface area contributed by atoms with Gasteiger partial charge in [0.2, 0.25) is 0 Å². The summed E-state index contributed by atoms with van der Waals surface area (Å²) in [5.74, 6) is 0.0908. The Bertz CT molecular complexity index is 731. The van der Waals surface area contributed by atoms with E-state index in [0.717, 1.165) is 43.6 Å². The SMILES string of the molecule is Cc1ccsc1CN(C(=O)c1n[nH]c2c1CN(C)CC2)C1CC1. The fraction of sp³-hybridized carbons (Fsp3) is 0.529. The molecule has 2 aromatic heterocycles. The highest BCUT2D eigenvalue weighted by molar-refractivity contribution is 7.10. The van der Waals surface area contributed by atoms with E-state index >= 15 is 0 Å². The molecule has 122 valence electrons. The van der Waals surface area contributed by atoms with Gasteiger partial charge in [-0.1, -0.05) is 0 Å². The van der Waals surface area contributed by atoms with Crippen LogP contribution in [-0.4, -0.2) is 45.5 Å². The molecule has 0 aromatic carbocycles. The molecule has 23 heavy (non-hydrogen) atoms. The van der Waals surface area contributed by atoms with Crippen LogP contribution in [0.15, 0.2) is 11.4 Å². The van der Waals surface area contributed by atoms with E-state index < -0.39 is 0 Å². The Labute approximate surface area is 140 Å². The molecule has 3 heterocycles. The first-order chi connectivity index (χ1) is 11.1. The van der Waals surface area contributed by atoms with Crippen LogP contribution in [0, 0.1) is 6.92 Å². The maximum atomic E-state index is 13.1. The molecule has 1 saturated carbocycles. The number of carbonyl (C=O) groups excluding carboxylic acids is 1.